The number of fused-ring (bicyclic) bond motifs is 1. The summed E-state index contributed by atoms with van der Waals surface area (Å²) in [4.78, 5) is 13.9. The number of likely N-dealkylation sites (N-methyl/N-ethyl adjacent to an activating group) is 1. The van der Waals surface area contributed by atoms with Gasteiger partial charge < -0.3 is 20.1 Å². The fraction of sp³-hybridized carbons (Fsp3) is 0.381. The number of benzene rings is 2. The van der Waals surface area contributed by atoms with E-state index in [9.17, 15) is 4.79 Å². The summed E-state index contributed by atoms with van der Waals surface area (Å²) in [5, 5.41) is 0.655. The molecule has 0 bridgehead atoms. The number of ether oxygens (including phenoxy) is 2. The van der Waals surface area contributed by atoms with Crippen LogP contribution >= 0.6 is 11.6 Å². The van der Waals surface area contributed by atoms with Gasteiger partial charge in [-0.25, -0.2) is 0 Å². The van der Waals surface area contributed by atoms with Crippen LogP contribution in [0.1, 0.15) is 31.2 Å². The van der Waals surface area contributed by atoms with Gasteiger partial charge in [0.15, 0.2) is 0 Å². The molecular weight excluding hydrogens is 364 g/mol. The van der Waals surface area contributed by atoms with E-state index < -0.39 is 5.66 Å². The van der Waals surface area contributed by atoms with Crippen LogP contribution in [-0.2, 0) is 9.53 Å². The number of esters is 1. The summed E-state index contributed by atoms with van der Waals surface area (Å²) in [5.41, 5.74) is 8.28. The van der Waals surface area contributed by atoms with E-state index in [0.717, 1.165) is 11.3 Å². The van der Waals surface area contributed by atoms with E-state index in [2.05, 4.69) is 6.07 Å². The Bertz CT molecular complexity index is 796. The van der Waals surface area contributed by atoms with Crippen molar-refractivity contribution in [3.8, 4) is 5.75 Å². The second-order valence-electron chi connectivity index (χ2n) is 6.75. The number of hydrogen-bond donors (Lipinski definition) is 1. The molecule has 0 spiro atoms. The van der Waals surface area contributed by atoms with Crippen LogP contribution in [0.5, 0.6) is 5.75 Å². The lowest BCUT2D eigenvalue weighted by atomic mass is 9.86. The highest BCUT2D eigenvalue weighted by Gasteiger charge is 2.47. The van der Waals surface area contributed by atoms with Crippen LogP contribution < -0.4 is 15.4 Å². The maximum absolute atomic E-state index is 11.9. The van der Waals surface area contributed by atoms with Crippen molar-refractivity contribution >= 4 is 23.3 Å². The van der Waals surface area contributed by atoms with Gasteiger partial charge in [0.1, 0.15) is 18.0 Å². The van der Waals surface area contributed by atoms with Crippen molar-refractivity contribution in [3.05, 3.63) is 59.1 Å². The fourth-order valence-electron chi connectivity index (χ4n) is 3.64. The highest BCUT2D eigenvalue weighted by atomic mass is 35.5. The summed E-state index contributed by atoms with van der Waals surface area (Å²) in [5.74, 6) is 0.457. The van der Waals surface area contributed by atoms with E-state index in [1.54, 1.807) is 12.1 Å². The van der Waals surface area contributed by atoms with Crippen molar-refractivity contribution in [1.29, 1.82) is 0 Å². The molecule has 1 aliphatic heterocycles. The maximum atomic E-state index is 11.9. The topological polar surface area (TPSA) is 64.8 Å². The predicted octanol–water partition coefficient (Wildman–Crippen LogP) is 3.95. The van der Waals surface area contributed by atoms with Gasteiger partial charge in [0.2, 0.25) is 0 Å². The fourth-order valence-corrected chi connectivity index (χ4v) is 3.77. The predicted molar refractivity (Wildman–Crippen MR) is 107 cm³/mol. The minimum absolute atomic E-state index is 0.0459. The van der Waals surface area contributed by atoms with Crippen molar-refractivity contribution in [1.82, 2.24) is 0 Å². The van der Waals surface area contributed by atoms with Crippen LogP contribution in [0.2, 0.25) is 5.02 Å². The first-order valence-corrected chi connectivity index (χ1v) is 9.49. The molecule has 2 aromatic carbocycles. The second-order valence-corrected chi connectivity index (χ2v) is 7.18. The Kier molecular flexibility index (Phi) is 5.92. The van der Waals surface area contributed by atoms with Gasteiger partial charge in [0.25, 0.3) is 0 Å². The van der Waals surface area contributed by atoms with Crippen LogP contribution in [0, 0.1) is 0 Å². The number of nitrogens with two attached hydrogens (primary N) is 1. The Morgan fingerprint density at radius 1 is 1.22 bits per heavy atom. The molecule has 0 aliphatic carbocycles. The molecule has 2 atom stereocenters. The van der Waals surface area contributed by atoms with Crippen molar-refractivity contribution in [2.45, 2.75) is 31.3 Å². The first-order chi connectivity index (χ1) is 13.0. The quantitative estimate of drug-likeness (QED) is 0.727. The van der Waals surface area contributed by atoms with E-state index in [0.29, 0.717) is 30.2 Å². The SMILES string of the molecule is CCOC(=O)CCC1c2ccccc2N(C)C1(N)COc1ccc(Cl)cc1. The van der Waals surface area contributed by atoms with E-state index in [1.807, 2.05) is 49.2 Å². The Balaban J connectivity index is 1.81. The summed E-state index contributed by atoms with van der Waals surface area (Å²) in [7, 11) is 1.97. The maximum Gasteiger partial charge on any atom is 0.305 e. The normalized spacial score (nSPS) is 21.0. The van der Waals surface area contributed by atoms with Gasteiger partial charge in [-0.2, -0.15) is 0 Å². The lowest BCUT2D eigenvalue weighted by molar-refractivity contribution is -0.143. The van der Waals surface area contributed by atoms with E-state index in [4.69, 9.17) is 26.8 Å². The van der Waals surface area contributed by atoms with Gasteiger partial charge >= 0.3 is 5.97 Å². The van der Waals surface area contributed by atoms with Crippen molar-refractivity contribution in [2.24, 2.45) is 5.73 Å². The zero-order valence-corrected chi connectivity index (χ0v) is 16.4. The number of rotatable bonds is 7. The third kappa shape index (κ3) is 4.04. The Morgan fingerprint density at radius 3 is 2.63 bits per heavy atom. The molecule has 6 heteroatoms. The van der Waals surface area contributed by atoms with Crippen LogP contribution in [-0.4, -0.2) is 31.9 Å². The molecule has 0 fully saturated rings. The van der Waals surface area contributed by atoms with Crippen molar-refractivity contribution < 1.29 is 14.3 Å². The van der Waals surface area contributed by atoms with Gasteiger partial charge in [0, 0.05) is 30.1 Å². The molecular formula is C21H25ClN2O3. The van der Waals surface area contributed by atoms with Gasteiger partial charge in [-0.3, -0.25) is 4.79 Å². The van der Waals surface area contributed by atoms with Crippen LogP contribution in [0.3, 0.4) is 0 Å². The number of carbonyl (C=O) groups excluding carboxylic acids is 1. The van der Waals surface area contributed by atoms with Gasteiger partial charge in [-0.15, -0.1) is 0 Å². The molecule has 3 rings (SSSR count). The summed E-state index contributed by atoms with van der Waals surface area (Å²) in [6.07, 6.45) is 0.918. The number of para-hydroxylation sites is 1. The largest absolute Gasteiger partial charge is 0.490 e. The van der Waals surface area contributed by atoms with Gasteiger partial charge in [-0.1, -0.05) is 29.8 Å². The lowest BCUT2D eigenvalue weighted by Crippen LogP contribution is -2.59. The first-order valence-electron chi connectivity index (χ1n) is 9.11. The van der Waals surface area contributed by atoms with Crippen molar-refractivity contribution in [3.63, 3.8) is 0 Å². The first kappa shape index (κ1) is 19.5. The molecule has 27 heavy (non-hydrogen) atoms. The molecule has 0 saturated heterocycles. The molecule has 144 valence electrons. The second kappa shape index (κ2) is 8.19. The Morgan fingerprint density at radius 2 is 1.93 bits per heavy atom. The highest BCUT2D eigenvalue weighted by Crippen LogP contribution is 2.46. The summed E-state index contributed by atoms with van der Waals surface area (Å²) in [6.45, 7) is 2.48. The van der Waals surface area contributed by atoms with E-state index in [-0.39, 0.29) is 18.5 Å². The number of hydrogen-bond acceptors (Lipinski definition) is 5. The summed E-state index contributed by atoms with van der Waals surface area (Å²) in [6, 6.07) is 15.3. The van der Waals surface area contributed by atoms with Crippen molar-refractivity contribution in [2.75, 3.05) is 25.2 Å². The molecule has 1 heterocycles. The Hall–Kier alpha value is -2.24. The Labute approximate surface area is 165 Å². The number of halogens is 1. The average Bonchev–Trinajstić information content (AvgIpc) is 2.88. The third-order valence-corrected chi connectivity index (χ3v) is 5.38. The third-order valence-electron chi connectivity index (χ3n) is 5.13. The number of carbonyl (C=O) groups is 1. The van der Waals surface area contributed by atoms with E-state index in [1.165, 1.54) is 0 Å². The molecule has 5 nitrogen and oxygen atoms in total. The van der Waals surface area contributed by atoms with Crippen LogP contribution in [0.4, 0.5) is 5.69 Å². The number of anilines is 1. The van der Waals surface area contributed by atoms with E-state index >= 15 is 0 Å². The summed E-state index contributed by atoms with van der Waals surface area (Å²) >= 11 is 5.94. The zero-order chi connectivity index (χ0) is 19.4. The molecule has 2 aromatic rings. The number of nitrogens with zero attached hydrogens (tertiary/aromatic N) is 1. The average molecular weight is 389 g/mol. The summed E-state index contributed by atoms with van der Waals surface area (Å²) < 4.78 is 11.1. The van der Waals surface area contributed by atoms with Gasteiger partial charge in [0.05, 0.1) is 6.61 Å². The van der Waals surface area contributed by atoms with Crippen LogP contribution in [0.25, 0.3) is 0 Å². The smallest absolute Gasteiger partial charge is 0.305 e. The standard InChI is InChI=1S/C21H25ClN2O3/c1-3-26-20(25)13-12-18-17-6-4-5-7-19(17)24(2)21(18,23)14-27-16-10-8-15(22)9-11-16/h4-11,18H,3,12-14,23H2,1-2H3. The van der Waals surface area contributed by atoms with Crippen LogP contribution in [0.15, 0.2) is 48.5 Å². The molecule has 0 saturated carbocycles. The molecule has 2 N–H and O–H groups in total. The minimum atomic E-state index is -0.768. The highest BCUT2D eigenvalue weighted by molar-refractivity contribution is 6.30. The monoisotopic (exact) mass is 388 g/mol. The minimum Gasteiger partial charge on any atom is -0.490 e. The molecule has 1 aliphatic rings. The molecule has 0 radical (unpaired) electrons. The zero-order valence-electron chi connectivity index (χ0n) is 15.7. The molecule has 2 unspecified atom stereocenters. The lowest BCUT2D eigenvalue weighted by Gasteiger charge is -2.38. The molecule has 0 amide bonds. The van der Waals surface area contributed by atoms with Gasteiger partial charge in [-0.05, 0) is 49.2 Å². The molecule has 0 aromatic heterocycles.